The number of hydrogen-bond donors (Lipinski definition) is 1. The standard InChI is InChI=1S/C16H31NO/c1-11(2)7-14-16(8-12(3)4,9-13(5)6)10-15(18)17-14/h11-14H,7-10H2,1-6H3,(H,17,18). The average molecular weight is 253 g/mol. The molecule has 0 saturated carbocycles. The second-order valence-corrected chi connectivity index (χ2v) is 7.48. The average Bonchev–Trinajstić information content (AvgIpc) is 2.38. The molecule has 1 rings (SSSR count). The number of rotatable bonds is 6. The van der Waals surface area contributed by atoms with Crippen LogP contribution in [0.5, 0.6) is 0 Å². The summed E-state index contributed by atoms with van der Waals surface area (Å²) in [7, 11) is 0. The zero-order valence-corrected chi connectivity index (χ0v) is 13.0. The first-order valence-electron chi connectivity index (χ1n) is 7.54. The van der Waals surface area contributed by atoms with Crippen molar-refractivity contribution in [3.8, 4) is 0 Å². The summed E-state index contributed by atoms with van der Waals surface area (Å²) in [6.45, 7) is 13.6. The third kappa shape index (κ3) is 4.00. The van der Waals surface area contributed by atoms with E-state index in [1.165, 1.54) is 12.8 Å². The highest BCUT2D eigenvalue weighted by molar-refractivity contribution is 5.80. The molecule has 1 aliphatic rings. The molecule has 1 amide bonds. The minimum Gasteiger partial charge on any atom is -0.353 e. The number of carbonyl (C=O) groups excluding carboxylic acids is 1. The van der Waals surface area contributed by atoms with Gasteiger partial charge >= 0.3 is 0 Å². The van der Waals surface area contributed by atoms with Gasteiger partial charge in [0.1, 0.15) is 0 Å². The summed E-state index contributed by atoms with van der Waals surface area (Å²) in [6, 6.07) is 0.384. The van der Waals surface area contributed by atoms with Crippen LogP contribution in [0.3, 0.4) is 0 Å². The van der Waals surface area contributed by atoms with Crippen LogP contribution in [0.1, 0.15) is 67.2 Å². The molecule has 1 unspecified atom stereocenters. The second kappa shape index (κ2) is 6.08. The quantitative estimate of drug-likeness (QED) is 0.761. The maximum Gasteiger partial charge on any atom is 0.220 e. The summed E-state index contributed by atoms with van der Waals surface area (Å²) in [5, 5.41) is 3.25. The van der Waals surface area contributed by atoms with E-state index in [1.54, 1.807) is 0 Å². The molecular weight excluding hydrogens is 222 g/mol. The molecule has 106 valence electrons. The Morgan fingerprint density at radius 1 is 1.06 bits per heavy atom. The highest BCUT2D eigenvalue weighted by Gasteiger charge is 2.46. The van der Waals surface area contributed by atoms with Crippen molar-refractivity contribution in [2.75, 3.05) is 0 Å². The molecule has 1 fully saturated rings. The van der Waals surface area contributed by atoms with E-state index in [0.29, 0.717) is 23.8 Å². The third-order valence-electron chi connectivity index (χ3n) is 3.92. The smallest absolute Gasteiger partial charge is 0.220 e. The van der Waals surface area contributed by atoms with E-state index in [9.17, 15) is 4.79 Å². The molecule has 0 aromatic carbocycles. The van der Waals surface area contributed by atoms with E-state index < -0.39 is 0 Å². The minimum atomic E-state index is 0.198. The van der Waals surface area contributed by atoms with E-state index >= 15 is 0 Å². The van der Waals surface area contributed by atoms with Crippen LogP contribution >= 0.6 is 0 Å². The summed E-state index contributed by atoms with van der Waals surface area (Å²) < 4.78 is 0. The van der Waals surface area contributed by atoms with Crippen LogP contribution in [0.2, 0.25) is 0 Å². The highest BCUT2D eigenvalue weighted by Crippen LogP contribution is 2.45. The van der Waals surface area contributed by atoms with Gasteiger partial charge in [0.2, 0.25) is 5.91 Å². The van der Waals surface area contributed by atoms with Gasteiger partial charge in [0.15, 0.2) is 0 Å². The fraction of sp³-hybridized carbons (Fsp3) is 0.938. The Hall–Kier alpha value is -0.530. The van der Waals surface area contributed by atoms with Crippen molar-refractivity contribution in [3.05, 3.63) is 0 Å². The molecule has 0 aliphatic carbocycles. The molecule has 1 atom stereocenters. The maximum atomic E-state index is 11.9. The van der Waals surface area contributed by atoms with Gasteiger partial charge in [-0.25, -0.2) is 0 Å². The monoisotopic (exact) mass is 253 g/mol. The van der Waals surface area contributed by atoms with E-state index in [2.05, 4.69) is 46.9 Å². The van der Waals surface area contributed by atoms with Crippen molar-refractivity contribution in [1.82, 2.24) is 5.32 Å². The van der Waals surface area contributed by atoms with Gasteiger partial charge in [-0.2, -0.15) is 0 Å². The molecule has 0 aromatic rings. The normalized spacial score (nSPS) is 23.2. The van der Waals surface area contributed by atoms with Gasteiger partial charge in [-0.15, -0.1) is 0 Å². The molecule has 0 aromatic heterocycles. The van der Waals surface area contributed by atoms with Crippen LogP contribution in [0.4, 0.5) is 0 Å². The molecule has 2 nitrogen and oxygen atoms in total. The number of hydrogen-bond acceptors (Lipinski definition) is 1. The second-order valence-electron chi connectivity index (χ2n) is 7.48. The lowest BCUT2D eigenvalue weighted by Crippen LogP contribution is -2.40. The summed E-state index contributed by atoms with van der Waals surface area (Å²) in [5.74, 6) is 2.23. The van der Waals surface area contributed by atoms with Crippen molar-refractivity contribution in [3.63, 3.8) is 0 Å². The van der Waals surface area contributed by atoms with Crippen LogP contribution < -0.4 is 5.32 Å². The molecule has 18 heavy (non-hydrogen) atoms. The SMILES string of the molecule is CC(C)CC1NC(=O)CC1(CC(C)C)CC(C)C. The predicted molar refractivity (Wildman–Crippen MR) is 77.3 cm³/mol. The largest absolute Gasteiger partial charge is 0.353 e. The van der Waals surface area contributed by atoms with Crippen molar-refractivity contribution in [1.29, 1.82) is 0 Å². The summed E-state index contributed by atoms with van der Waals surface area (Å²) in [6.07, 6.45) is 4.19. The molecule has 0 spiro atoms. The van der Waals surface area contributed by atoms with Crippen molar-refractivity contribution >= 4 is 5.91 Å². The van der Waals surface area contributed by atoms with Crippen molar-refractivity contribution < 1.29 is 4.79 Å². The van der Waals surface area contributed by atoms with Gasteiger partial charge in [-0.3, -0.25) is 4.79 Å². The predicted octanol–water partition coefficient (Wildman–Crippen LogP) is 4.00. The molecule has 2 heteroatoms. The molecule has 1 N–H and O–H groups in total. The van der Waals surface area contributed by atoms with Crippen LogP contribution in [0.25, 0.3) is 0 Å². The fourth-order valence-electron chi connectivity index (χ4n) is 3.76. The minimum absolute atomic E-state index is 0.198. The van der Waals surface area contributed by atoms with Gasteiger partial charge in [0, 0.05) is 12.5 Å². The van der Waals surface area contributed by atoms with Gasteiger partial charge in [-0.05, 0) is 42.4 Å². The zero-order chi connectivity index (χ0) is 13.9. The van der Waals surface area contributed by atoms with Crippen molar-refractivity contribution in [2.45, 2.75) is 73.3 Å². The summed E-state index contributed by atoms with van der Waals surface area (Å²) >= 11 is 0. The lowest BCUT2D eigenvalue weighted by molar-refractivity contribution is -0.119. The number of carbonyl (C=O) groups is 1. The molecule has 1 saturated heterocycles. The van der Waals surface area contributed by atoms with Crippen LogP contribution in [0, 0.1) is 23.2 Å². The van der Waals surface area contributed by atoms with Gasteiger partial charge < -0.3 is 5.32 Å². The lowest BCUT2D eigenvalue weighted by atomic mass is 9.67. The summed E-state index contributed by atoms with van der Waals surface area (Å²) in [4.78, 5) is 11.9. The van der Waals surface area contributed by atoms with Crippen LogP contribution in [-0.4, -0.2) is 11.9 Å². The Morgan fingerprint density at radius 3 is 1.94 bits per heavy atom. The Morgan fingerprint density at radius 2 is 1.56 bits per heavy atom. The van der Waals surface area contributed by atoms with E-state index in [1.807, 2.05) is 0 Å². The topological polar surface area (TPSA) is 29.1 Å². The lowest BCUT2D eigenvalue weighted by Gasteiger charge is -2.38. The van der Waals surface area contributed by atoms with Gasteiger partial charge in [0.25, 0.3) is 0 Å². The Balaban J connectivity index is 2.92. The fourth-order valence-corrected chi connectivity index (χ4v) is 3.76. The molecule has 1 aliphatic heterocycles. The molecular formula is C16H31NO. The Labute approximate surface area is 113 Å². The Bertz CT molecular complexity index is 271. The third-order valence-corrected chi connectivity index (χ3v) is 3.92. The molecule has 0 radical (unpaired) electrons. The van der Waals surface area contributed by atoms with E-state index in [0.717, 1.165) is 12.8 Å². The highest BCUT2D eigenvalue weighted by atomic mass is 16.2. The molecule has 0 bridgehead atoms. The first-order valence-corrected chi connectivity index (χ1v) is 7.54. The zero-order valence-electron chi connectivity index (χ0n) is 13.0. The number of nitrogens with one attached hydrogen (secondary N) is 1. The van der Waals surface area contributed by atoms with Crippen LogP contribution in [-0.2, 0) is 4.79 Å². The van der Waals surface area contributed by atoms with Gasteiger partial charge in [-0.1, -0.05) is 41.5 Å². The number of amides is 1. The summed E-state index contributed by atoms with van der Waals surface area (Å²) in [5.41, 5.74) is 0.198. The van der Waals surface area contributed by atoms with Gasteiger partial charge in [0.05, 0.1) is 0 Å². The molecule has 1 heterocycles. The van der Waals surface area contributed by atoms with Crippen molar-refractivity contribution in [2.24, 2.45) is 23.2 Å². The maximum absolute atomic E-state index is 11.9. The van der Waals surface area contributed by atoms with E-state index in [-0.39, 0.29) is 11.3 Å². The first-order chi connectivity index (χ1) is 8.25. The Kier molecular flexibility index (Phi) is 5.24. The van der Waals surface area contributed by atoms with Crippen LogP contribution in [0.15, 0.2) is 0 Å². The first kappa shape index (κ1) is 15.5. The van der Waals surface area contributed by atoms with E-state index in [4.69, 9.17) is 0 Å².